The molecule has 3 heterocycles. The molecule has 0 saturated carbocycles. The molecule has 0 bridgehead atoms. The van der Waals surface area contributed by atoms with Crippen molar-refractivity contribution in [2.24, 2.45) is 5.10 Å². The van der Waals surface area contributed by atoms with Gasteiger partial charge < -0.3 is 10.1 Å². The van der Waals surface area contributed by atoms with E-state index in [9.17, 15) is 14.0 Å². The molecule has 1 unspecified atom stereocenters. The predicted molar refractivity (Wildman–Crippen MR) is 106 cm³/mol. The van der Waals surface area contributed by atoms with Gasteiger partial charge in [-0.2, -0.15) is 5.10 Å². The molecule has 3 aliphatic heterocycles. The minimum absolute atomic E-state index is 0.0152. The fourth-order valence-electron chi connectivity index (χ4n) is 4.32. The van der Waals surface area contributed by atoms with Crippen molar-refractivity contribution < 1.29 is 18.7 Å². The van der Waals surface area contributed by atoms with E-state index in [1.54, 1.807) is 0 Å². The number of likely N-dealkylation sites (tertiary alicyclic amines) is 1. The average molecular weight is 402 g/mol. The monoisotopic (exact) mass is 402 g/mol. The Labute approximate surface area is 169 Å². The highest BCUT2D eigenvalue weighted by molar-refractivity contribution is 6.39. The van der Waals surface area contributed by atoms with Gasteiger partial charge in [-0.1, -0.05) is 12.1 Å². The van der Waals surface area contributed by atoms with Gasteiger partial charge in [-0.05, 0) is 43.4 Å². The highest BCUT2D eigenvalue weighted by atomic mass is 19.1. The molecule has 2 amide bonds. The first-order valence-electron chi connectivity index (χ1n) is 10.3. The zero-order valence-electron chi connectivity index (χ0n) is 16.5. The van der Waals surface area contributed by atoms with Crippen LogP contribution in [-0.2, 0) is 20.9 Å². The fraction of sp³-hybridized carbons (Fsp3) is 0.571. The van der Waals surface area contributed by atoms with Crippen LogP contribution in [0.3, 0.4) is 0 Å². The molecule has 8 heteroatoms. The Bertz CT molecular complexity index is 788. The van der Waals surface area contributed by atoms with E-state index in [4.69, 9.17) is 4.74 Å². The van der Waals surface area contributed by atoms with Crippen LogP contribution in [0.5, 0.6) is 0 Å². The number of carbonyl (C=O) groups excluding carboxylic acids is 2. The molecule has 4 rings (SSSR count). The molecule has 0 aliphatic carbocycles. The lowest BCUT2D eigenvalue weighted by atomic mass is 9.88. The normalized spacial score (nSPS) is 24.2. The number of piperidine rings is 1. The molecule has 29 heavy (non-hydrogen) atoms. The number of amides is 2. The molecule has 1 atom stereocenters. The number of nitrogens with one attached hydrogen (secondary N) is 2. The van der Waals surface area contributed by atoms with Crippen molar-refractivity contribution in [3.63, 3.8) is 0 Å². The van der Waals surface area contributed by atoms with Gasteiger partial charge in [0.05, 0.1) is 11.7 Å². The molecule has 7 nitrogen and oxygen atoms in total. The fourth-order valence-corrected chi connectivity index (χ4v) is 4.32. The van der Waals surface area contributed by atoms with Crippen LogP contribution >= 0.6 is 0 Å². The molecule has 2 fully saturated rings. The van der Waals surface area contributed by atoms with E-state index in [2.05, 4.69) is 20.7 Å². The third-order valence-electron chi connectivity index (χ3n) is 6.08. The summed E-state index contributed by atoms with van der Waals surface area (Å²) in [5.74, 6) is -0.596. The summed E-state index contributed by atoms with van der Waals surface area (Å²) in [5, 5.41) is 6.71. The molecule has 1 aromatic rings. The van der Waals surface area contributed by atoms with Gasteiger partial charge in [-0.3, -0.25) is 14.5 Å². The summed E-state index contributed by atoms with van der Waals surface area (Å²) in [7, 11) is 0. The molecule has 3 aliphatic rings. The maximum Gasteiger partial charge on any atom is 0.267 e. The molecule has 0 aromatic heterocycles. The number of ether oxygens (including phenoxy) is 1. The second-order valence-corrected chi connectivity index (χ2v) is 8.17. The molecule has 156 valence electrons. The maximum atomic E-state index is 13.1. The Morgan fingerprint density at radius 3 is 2.69 bits per heavy atom. The van der Waals surface area contributed by atoms with Crippen LogP contribution in [0.4, 0.5) is 4.39 Å². The number of benzene rings is 1. The summed E-state index contributed by atoms with van der Waals surface area (Å²) in [4.78, 5) is 25.7. The first-order chi connectivity index (χ1) is 14.0. The van der Waals surface area contributed by atoms with Crippen LogP contribution in [-0.4, -0.2) is 53.8 Å². The first-order valence-corrected chi connectivity index (χ1v) is 10.3. The summed E-state index contributed by atoms with van der Waals surface area (Å²) in [6, 6.07) is 6.69. The molecule has 2 N–H and O–H groups in total. The van der Waals surface area contributed by atoms with Crippen molar-refractivity contribution in [1.29, 1.82) is 0 Å². The summed E-state index contributed by atoms with van der Waals surface area (Å²) in [5.41, 5.74) is 3.74. The molecular formula is C21H27FN4O3. The van der Waals surface area contributed by atoms with Crippen molar-refractivity contribution >= 4 is 17.5 Å². The topological polar surface area (TPSA) is 83.0 Å². The van der Waals surface area contributed by atoms with Crippen LogP contribution in [0.15, 0.2) is 29.4 Å². The Kier molecular flexibility index (Phi) is 5.91. The van der Waals surface area contributed by atoms with Crippen molar-refractivity contribution in [2.75, 3.05) is 19.6 Å². The lowest BCUT2D eigenvalue weighted by Crippen LogP contribution is -2.45. The van der Waals surface area contributed by atoms with Gasteiger partial charge in [0.25, 0.3) is 5.91 Å². The van der Waals surface area contributed by atoms with E-state index in [0.717, 1.165) is 50.9 Å². The van der Waals surface area contributed by atoms with Crippen LogP contribution < -0.4 is 10.7 Å². The van der Waals surface area contributed by atoms with Gasteiger partial charge in [0.2, 0.25) is 5.91 Å². The maximum absolute atomic E-state index is 13.1. The minimum Gasteiger partial charge on any atom is -0.370 e. The lowest BCUT2D eigenvalue weighted by molar-refractivity contribution is -0.121. The molecule has 1 aromatic carbocycles. The van der Waals surface area contributed by atoms with Crippen LogP contribution in [0, 0.1) is 5.82 Å². The summed E-state index contributed by atoms with van der Waals surface area (Å²) < 4.78 is 19.4. The summed E-state index contributed by atoms with van der Waals surface area (Å²) in [6.07, 6.45) is 4.56. The van der Waals surface area contributed by atoms with Crippen molar-refractivity contribution in [3.8, 4) is 0 Å². The molecule has 1 spiro atoms. The number of hydrogen-bond donors (Lipinski definition) is 2. The second-order valence-electron chi connectivity index (χ2n) is 8.17. The first kappa shape index (κ1) is 20.0. The predicted octanol–water partition coefficient (Wildman–Crippen LogP) is 1.72. The lowest BCUT2D eigenvalue weighted by Gasteiger charge is -2.39. The average Bonchev–Trinajstić information content (AvgIpc) is 3.13. The zero-order chi connectivity index (χ0) is 20.3. The number of nitrogens with zero attached hydrogens (tertiary/aromatic N) is 2. The largest absolute Gasteiger partial charge is 0.370 e. The smallest absolute Gasteiger partial charge is 0.267 e. The van der Waals surface area contributed by atoms with Crippen molar-refractivity contribution in [1.82, 2.24) is 15.6 Å². The van der Waals surface area contributed by atoms with Gasteiger partial charge in [0.15, 0.2) is 0 Å². The highest BCUT2D eigenvalue weighted by Crippen LogP contribution is 2.39. The van der Waals surface area contributed by atoms with Crippen LogP contribution in [0.1, 0.15) is 44.1 Å². The van der Waals surface area contributed by atoms with E-state index in [1.165, 1.54) is 12.1 Å². The SMILES string of the molecule is O=C1CCC(C(=O)NCC2CCC3(CCN(Cc4ccc(F)cc4)CC3)O2)=NN1. The molecule has 0 radical (unpaired) electrons. The van der Waals surface area contributed by atoms with Gasteiger partial charge in [0.1, 0.15) is 11.5 Å². The quantitative estimate of drug-likeness (QED) is 0.786. The summed E-state index contributed by atoms with van der Waals surface area (Å²) >= 11 is 0. The van der Waals surface area contributed by atoms with E-state index >= 15 is 0 Å². The van der Waals surface area contributed by atoms with Crippen molar-refractivity contribution in [2.45, 2.75) is 56.8 Å². The second kappa shape index (κ2) is 8.59. The molecular weight excluding hydrogens is 375 g/mol. The van der Waals surface area contributed by atoms with E-state index in [1.807, 2.05) is 12.1 Å². The summed E-state index contributed by atoms with van der Waals surface area (Å²) in [6.45, 7) is 3.20. The van der Waals surface area contributed by atoms with Crippen molar-refractivity contribution in [3.05, 3.63) is 35.6 Å². The number of carbonyl (C=O) groups is 2. The Balaban J connectivity index is 1.21. The number of halogens is 1. The highest BCUT2D eigenvalue weighted by Gasteiger charge is 2.42. The van der Waals surface area contributed by atoms with Crippen LogP contribution in [0.25, 0.3) is 0 Å². The Morgan fingerprint density at radius 2 is 2.00 bits per heavy atom. The number of rotatable bonds is 5. The minimum atomic E-state index is -0.233. The van der Waals surface area contributed by atoms with Gasteiger partial charge in [-0.25, -0.2) is 9.82 Å². The van der Waals surface area contributed by atoms with Gasteiger partial charge in [0, 0.05) is 39.0 Å². The van der Waals surface area contributed by atoms with E-state index in [0.29, 0.717) is 25.1 Å². The third kappa shape index (κ3) is 5.00. The Morgan fingerprint density at radius 1 is 1.24 bits per heavy atom. The van der Waals surface area contributed by atoms with Crippen LogP contribution in [0.2, 0.25) is 0 Å². The zero-order valence-corrected chi connectivity index (χ0v) is 16.5. The Hall–Kier alpha value is -2.32. The number of hydrazone groups is 1. The molecule has 2 saturated heterocycles. The number of hydrogen-bond acceptors (Lipinski definition) is 5. The van der Waals surface area contributed by atoms with Gasteiger partial charge >= 0.3 is 0 Å². The third-order valence-corrected chi connectivity index (χ3v) is 6.08. The van der Waals surface area contributed by atoms with Gasteiger partial charge in [-0.15, -0.1) is 0 Å². The standard InChI is InChI=1S/C21H27FN4O3/c22-16-3-1-15(2-4-16)14-26-11-9-21(10-12-26)8-7-17(29-21)13-23-20(28)18-5-6-19(27)25-24-18/h1-4,17H,5-14H2,(H,23,28)(H,25,27). The van der Waals surface area contributed by atoms with E-state index in [-0.39, 0.29) is 29.3 Å². The van der Waals surface area contributed by atoms with E-state index < -0.39 is 0 Å².